The Hall–Kier alpha value is -0.590. The van der Waals surface area contributed by atoms with Gasteiger partial charge in [0.1, 0.15) is 0 Å². The van der Waals surface area contributed by atoms with Crippen molar-refractivity contribution in [2.24, 2.45) is 0 Å². The number of hydrogen-bond acceptors (Lipinski definition) is 4. The second kappa shape index (κ2) is 3.88. The second-order valence-electron chi connectivity index (χ2n) is 2.49. The van der Waals surface area contributed by atoms with Gasteiger partial charge in [-0.3, -0.25) is 14.9 Å². The average Bonchev–Trinajstić information content (AvgIpc) is 2.62. The topological polar surface area (TPSA) is 46.2 Å². The van der Waals surface area contributed by atoms with E-state index in [0.717, 1.165) is 21.1 Å². The molecule has 1 aliphatic rings. The molecule has 0 spiro atoms. The van der Waals surface area contributed by atoms with Gasteiger partial charge < -0.3 is 0 Å². The van der Waals surface area contributed by atoms with Crippen molar-refractivity contribution in [3.63, 3.8) is 0 Å². The molecule has 0 bridgehead atoms. The van der Waals surface area contributed by atoms with Crippen molar-refractivity contribution < 1.29 is 9.59 Å². The molecule has 6 heteroatoms. The van der Waals surface area contributed by atoms with Gasteiger partial charge in [0, 0.05) is 9.35 Å². The van der Waals surface area contributed by atoms with Crippen molar-refractivity contribution in [2.75, 3.05) is 0 Å². The lowest BCUT2D eigenvalue weighted by Crippen LogP contribution is -2.17. The number of amides is 2. The summed E-state index contributed by atoms with van der Waals surface area (Å²) in [6, 6.07) is 1.90. The molecule has 0 aliphatic carbocycles. The summed E-state index contributed by atoms with van der Waals surface area (Å²) in [6.45, 7) is 0. The summed E-state index contributed by atoms with van der Waals surface area (Å²) in [7, 11) is 0. The number of hydrogen-bond donors (Lipinski definition) is 1. The molecular weight excluding hydrogens is 286 g/mol. The molecule has 14 heavy (non-hydrogen) atoms. The van der Waals surface area contributed by atoms with Crippen LogP contribution in [0.4, 0.5) is 4.79 Å². The fraction of sp³-hybridized carbons (Fsp3) is 0. The molecule has 2 amide bonds. The molecule has 2 heterocycles. The third kappa shape index (κ3) is 1.92. The van der Waals surface area contributed by atoms with Gasteiger partial charge >= 0.3 is 0 Å². The molecule has 0 saturated carbocycles. The van der Waals surface area contributed by atoms with E-state index in [1.165, 1.54) is 11.3 Å². The van der Waals surface area contributed by atoms with Gasteiger partial charge in [-0.2, -0.15) is 0 Å². The van der Waals surface area contributed by atoms with E-state index in [4.69, 9.17) is 0 Å². The van der Waals surface area contributed by atoms with Crippen molar-refractivity contribution in [3.05, 3.63) is 25.7 Å². The van der Waals surface area contributed by atoms with Crippen LogP contribution in [0.2, 0.25) is 0 Å². The Morgan fingerprint density at radius 3 is 2.71 bits per heavy atom. The number of carbonyl (C=O) groups excluding carboxylic acids is 2. The van der Waals surface area contributed by atoms with Crippen LogP contribution in [0.1, 0.15) is 4.88 Å². The Morgan fingerprint density at radius 1 is 1.43 bits per heavy atom. The van der Waals surface area contributed by atoms with Gasteiger partial charge in [-0.05, 0) is 45.2 Å². The first-order chi connectivity index (χ1) is 6.66. The lowest BCUT2D eigenvalue weighted by atomic mass is 10.4. The van der Waals surface area contributed by atoms with Crippen LogP contribution >= 0.6 is 39.0 Å². The van der Waals surface area contributed by atoms with Gasteiger partial charge in [-0.25, -0.2) is 0 Å². The predicted molar refractivity (Wildman–Crippen MR) is 61.1 cm³/mol. The largest absolute Gasteiger partial charge is 0.290 e. The third-order valence-electron chi connectivity index (χ3n) is 1.55. The molecule has 3 nitrogen and oxygen atoms in total. The Bertz CT molecular complexity index is 438. The molecule has 0 aromatic carbocycles. The Morgan fingerprint density at radius 2 is 2.21 bits per heavy atom. The summed E-state index contributed by atoms with van der Waals surface area (Å²) in [5.41, 5.74) is 0. The number of imide groups is 1. The summed E-state index contributed by atoms with van der Waals surface area (Å²) in [5, 5.41) is 3.81. The zero-order valence-electron chi connectivity index (χ0n) is 6.74. The van der Waals surface area contributed by atoms with Crippen LogP contribution < -0.4 is 5.32 Å². The number of halogens is 1. The van der Waals surface area contributed by atoms with Crippen LogP contribution in [-0.4, -0.2) is 11.1 Å². The van der Waals surface area contributed by atoms with E-state index in [1.54, 1.807) is 6.08 Å². The van der Waals surface area contributed by atoms with Crippen molar-refractivity contribution in [2.45, 2.75) is 0 Å². The predicted octanol–water partition coefficient (Wildman–Crippen LogP) is 2.83. The van der Waals surface area contributed by atoms with E-state index >= 15 is 0 Å². The minimum Gasteiger partial charge on any atom is -0.282 e. The minimum atomic E-state index is -0.319. The van der Waals surface area contributed by atoms with Crippen LogP contribution in [0, 0.1) is 0 Å². The minimum absolute atomic E-state index is 0.311. The van der Waals surface area contributed by atoms with E-state index in [0.29, 0.717) is 4.91 Å². The summed E-state index contributed by atoms with van der Waals surface area (Å²) >= 11 is 5.79. The molecule has 1 aromatic rings. The average molecular weight is 290 g/mol. The fourth-order valence-electron chi connectivity index (χ4n) is 0.949. The molecule has 1 N–H and O–H groups in total. The highest BCUT2D eigenvalue weighted by Gasteiger charge is 2.25. The molecule has 0 atom stereocenters. The van der Waals surface area contributed by atoms with Gasteiger partial charge in [-0.15, -0.1) is 11.3 Å². The van der Waals surface area contributed by atoms with Crippen LogP contribution in [0.3, 0.4) is 0 Å². The molecule has 0 unspecified atom stereocenters. The SMILES string of the molecule is O=C1NC(=O)/C(=C/c2sccc2Br)S1. The maximum Gasteiger partial charge on any atom is 0.290 e. The van der Waals surface area contributed by atoms with E-state index < -0.39 is 0 Å². The molecule has 72 valence electrons. The standard InChI is InChI=1S/C8H4BrNO2S2/c9-4-1-2-13-5(4)3-6-7(11)10-8(12)14-6/h1-3H,(H,10,11,12)/b6-3-. The first-order valence-corrected chi connectivity index (χ1v) is 6.13. The molecule has 1 aliphatic heterocycles. The smallest absolute Gasteiger partial charge is 0.282 e. The zero-order valence-corrected chi connectivity index (χ0v) is 9.96. The second-order valence-corrected chi connectivity index (χ2v) is 5.30. The number of rotatable bonds is 1. The first kappa shape index (κ1) is 9.95. The van der Waals surface area contributed by atoms with Crippen LogP contribution in [0.15, 0.2) is 20.8 Å². The van der Waals surface area contributed by atoms with Crippen LogP contribution in [0.5, 0.6) is 0 Å². The maximum absolute atomic E-state index is 11.2. The van der Waals surface area contributed by atoms with Crippen molar-refractivity contribution in [1.29, 1.82) is 0 Å². The third-order valence-corrected chi connectivity index (χ3v) is 4.18. The number of thioether (sulfide) groups is 1. The molecule has 1 aromatic heterocycles. The Kier molecular flexibility index (Phi) is 2.76. The molecule has 1 fully saturated rings. The first-order valence-electron chi connectivity index (χ1n) is 3.64. The highest BCUT2D eigenvalue weighted by molar-refractivity contribution is 9.10. The Labute approximate surface area is 96.7 Å². The van der Waals surface area contributed by atoms with E-state index in [-0.39, 0.29) is 11.1 Å². The highest BCUT2D eigenvalue weighted by atomic mass is 79.9. The summed E-state index contributed by atoms with van der Waals surface area (Å²) in [6.07, 6.45) is 1.71. The molecule has 2 rings (SSSR count). The van der Waals surface area contributed by atoms with Gasteiger partial charge in [0.25, 0.3) is 11.1 Å². The summed E-state index contributed by atoms with van der Waals surface area (Å²) < 4.78 is 0.933. The lowest BCUT2D eigenvalue weighted by Gasteiger charge is -1.90. The monoisotopic (exact) mass is 289 g/mol. The number of nitrogens with one attached hydrogen (secondary N) is 1. The van der Waals surface area contributed by atoms with Gasteiger partial charge in [0.05, 0.1) is 4.91 Å². The molecule has 0 radical (unpaired) electrons. The lowest BCUT2D eigenvalue weighted by molar-refractivity contribution is -0.115. The highest BCUT2D eigenvalue weighted by Crippen LogP contribution is 2.30. The van der Waals surface area contributed by atoms with Crippen molar-refractivity contribution in [3.8, 4) is 0 Å². The quantitative estimate of drug-likeness (QED) is 0.809. The number of carbonyl (C=O) groups is 2. The fourth-order valence-corrected chi connectivity index (χ4v) is 3.11. The van der Waals surface area contributed by atoms with Gasteiger partial charge in [0.15, 0.2) is 0 Å². The van der Waals surface area contributed by atoms with E-state index in [2.05, 4.69) is 21.2 Å². The van der Waals surface area contributed by atoms with E-state index in [1.807, 2.05) is 11.4 Å². The Balaban J connectivity index is 2.32. The number of thiophene rings is 1. The summed E-state index contributed by atoms with van der Waals surface area (Å²) in [5.74, 6) is -0.319. The summed E-state index contributed by atoms with van der Waals surface area (Å²) in [4.78, 5) is 23.4. The van der Waals surface area contributed by atoms with Gasteiger partial charge in [-0.1, -0.05) is 0 Å². The maximum atomic E-state index is 11.2. The normalized spacial score (nSPS) is 19.1. The van der Waals surface area contributed by atoms with Crippen LogP contribution in [-0.2, 0) is 4.79 Å². The van der Waals surface area contributed by atoms with E-state index in [9.17, 15) is 9.59 Å². The zero-order chi connectivity index (χ0) is 10.1. The molecular formula is C8H4BrNO2S2. The van der Waals surface area contributed by atoms with Crippen LogP contribution in [0.25, 0.3) is 6.08 Å². The van der Waals surface area contributed by atoms with Gasteiger partial charge in [0.2, 0.25) is 0 Å². The van der Waals surface area contributed by atoms with Crippen molar-refractivity contribution in [1.82, 2.24) is 5.32 Å². The van der Waals surface area contributed by atoms with Crippen molar-refractivity contribution >= 4 is 56.3 Å². The molecule has 1 saturated heterocycles.